The van der Waals surface area contributed by atoms with Crippen molar-refractivity contribution in [2.24, 2.45) is 0 Å². The number of ether oxygens (including phenoxy) is 1. The van der Waals surface area contributed by atoms with Crippen LogP contribution in [0.25, 0.3) is 0 Å². The van der Waals surface area contributed by atoms with Crippen LogP contribution in [0.2, 0.25) is 0 Å². The molecule has 1 N–H and O–H groups in total. The van der Waals surface area contributed by atoms with Crippen LogP contribution in [0.4, 0.5) is 0 Å². The Hall–Kier alpha value is -1.51. The van der Waals surface area contributed by atoms with E-state index in [4.69, 9.17) is 4.74 Å². The van der Waals surface area contributed by atoms with E-state index < -0.39 is 0 Å². The van der Waals surface area contributed by atoms with Gasteiger partial charge in [-0.05, 0) is 30.5 Å². The van der Waals surface area contributed by atoms with Gasteiger partial charge in [-0.3, -0.25) is 4.79 Å². The standard InChI is InChI=1S/C12H15NO2/c1-15-10-6-4-9(5-7-10)11-3-2-8-13-12(11)14/h4-7,11H,2-3,8H2,1H3,(H,13,14)/t11-/m0/s1. The van der Waals surface area contributed by atoms with Gasteiger partial charge in [-0.1, -0.05) is 12.1 Å². The number of hydrogen-bond donors (Lipinski definition) is 1. The lowest BCUT2D eigenvalue weighted by molar-refractivity contribution is -0.123. The Morgan fingerprint density at radius 1 is 1.33 bits per heavy atom. The van der Waals surface area contributed by atoms with E-state index >= 15 is 0 Å². The average molecular weight is 205 g/mol. The minimum atomic E-state index is 0.0182. The Kier molecular flexibility index (Phi) is 2.90. The molecule has 1 aromatic carbocycles. The highest BCUT2D eigenvalue weighted by molar-refractivity contribution is 5.84. The molecule has 1 saturated heterocycles. The predicted octanol–water partition coefficient (Wildman–Crippen LogP) is 1.69. The lowest BCUT2D eigenvalue weighted by Gasteiger charge is -2.22. The van der Waals surface area contributed by atoms with Crippen LogP contribution in [-0.2, 0) is 4.79 Å². The second-order valence-corrected chi connectivity index (χ2v) is 3.76. The van der Waals surface area contributed by atoms with Gasteiger partial charge in [0, 0.05) is 6.54 Å². The highest BCUT2D eigenvalue weighted by Crippen LogP contribution is 2.25. The molecule has 1 fully saturated rings. The van der Waals surface area contributed by atoms with E-state index in [0.29, 0.717) is 0 Å². The van der Waals surface area contributed by atoms with Crippen molar-refractivity contribution in [1.82, 2.24) is 5.32 Å². The molecule has 0 aliphatic carbocycles. The SMILES string of the molecule is COc1ccc([C@@H]2CCCNC2=O)cc1. The van der Waals surface area contributed by atoms with Gasteiger partial charge >= 0.3 is 0 Å². The van der Waals surface area contributed by atoms with E-state index in [1.54, 1.807) is 7.11 Å². The minimum Gasteiger partial charge on any atom is -0.497 e. The number of methoxy groups -OCH3 is 1. The maximum atomic E-state index is 11.6. The summed E-state index contributed by atoms with van der Waals surface area (Å²) in [5.74, 6) is 0.992. The van der Waals surface area contributed by atoms with Crippen LogP contribution in [0.15, 0.2) is 24.3 Å². The molecule has 0 bridgehead atoms. The number of carbonyl (C=O) groups excluding carboxylic acids is 1. The number of hydrogen-bond acceptors (Lipinski definition) is 2. The molecule has 1 aromatic rings. The topological polar surface area (TPSA) is 38.3 Å². The molecular formula is C12H15NO2. The zero-order valence-electron chi connectivity index (χ0n) is 8.82. The third-order valence-corrected chi connectivity index (χ3v) is 2.80. The van der Waals surface area contributed by atoms with Crippen molar-refractivity contribution in [2.75, 3.05) is 13.7 Å². The van der Waals surface area contributed by atoms with Gasteiger partial charge in [0.2, 0.25) is 5.91 Å². The average Bonchev–Trinajstić information content (AvgIpc) is 2.30. The zero-order valence-corrected chi connectivity index (χ0v) is 8.82. The normalized spacial score (nSPS) is 20.9. The molecule has 1 aliphatic rings. The molecule has 0 spiro atoms. The second kappa shape index (κ2) is 4.34. The first-order valence-corrected chi connectivity index (χ1v) is 5.23. The zero-order chi connectivity index (χ0) is 10.7. The van der Waals surface area contributed by atoms with E-state index in [1.165, 1.54) is 0 Å². The summed E-state index contributed by atoms with van der Waals surface area (Å²) in [5, 5.41) is 2.89. The van der Waals surface area contributed by atoms with Crippen molar-refractivity contribution in [3.05, 3.63) is 29.8 Å². The molecule has 0 aromatic heterocycles. The summed E-state index contributed by atoms with van der Waals surface area (Å²) in [6.45, 7) is 0.811. The number of nitrogens with one attached hydrogen (secondary N) is 1. The van der Waals surface area contributed by atoms with Gasteiger partial charge in [-0.15, -0.1) is 0 Å². The number of benzene rings is 1. The van der Waals surface area contributed by atoms with Crippen molar-refractivity contribution >= 4 is 5.91 Å². The van der Waals surface area contributed by atoms with Crippen LogP contribution in [0.1, 0.15) is 24.3 Å². The maximum absolute atomic E-state index is 11.6. The minimum absolute atomic E-state index is 0.0182. The molecule has 1 amide bonds. The second-order valence-electron chi connectivity index (χ2n) is 3.76. The predicted molar refractivity (Wildman–Crippen MR) is 58.0 cm³/mol. The van der Waals surface area contributed by atoms with E-state index in [1.807, 2.05) is 24.3 Å². The van der Waals surface area contributed by atoms with Crippen LogP contribution < -0.4 is 10.1 Å². The molecule has 2 rings (SSSR count). The fourth-order valence-corrected chi connectivity index (χ4v) is 1.93. The highest BCUT2D eigenvalue weighted by atomic mass is 16.5. The molecular weight excluding hydrogens is 190 g/mol. The highest BCUT2D eigenvalue weighted by Gasteiger charge is 2.23. The summed E-state index contributed by atoms with van der Waals surface area (Å²) in [4.78, 5) is 11.6. The van der Waals surface area contributed by atoms with Crippen molar-refractivity contribution < 1.29 is 9.53 Å². The van der Waals surface area contributed by atoms with Crippen LogP contribution in [-0.4, -0.2) is 19.6 Å². The quantitative estimate of drug-likeness (QED) is 0.797. The van der Waals surface area contributed by atoms with Gasteiger partial charge in [0.1, 0.15) is 5.75 Å². The largest absolute Gasteiger partial charge is 0.497 e. The van der Waals surface area contributed by atoms with Crippen LogP contribution >= 0.6 is 0 Å². The molecule has 0 saturated carbocycles. The molecule has 1 aliphatic heterocycles. The number of carbonyl (C=O) groups is 1. The smallest absolute Gasteiger partial charge is 0.227 e. The number of piperidine rings is 1. The first-order chi connectivity index (χ1) is 7.31. The van der Waals surface area contributed by atoms with Crippen LogP contribution in [0.3, 0.4) is 0 Å². The Labute approximate surface area is 89.4 Å². The molecule has 1 atom stereocenters. The molecule has 15 heavy (non-hydrogen) atoms. The summed E-state index contributed by atoms with van der Waals surface area (Å²) >= 11 is 0. The lowest BCUT2D eigenvalue weighted by atomic mass is 9.91. The Morgan fingerprint density at radius 3 is 2.67 bits per heavy atom. The lowest BCUT2D eigenvalue weighted by Crippen LogP contribution is -2.34. The van der Waals surface area contributed by atoms with E-state index in [0.717, 1.165) is 30.7 Å². The fraction of sp³-hybridized carbons (Fsp3) is 0.417. The number of amides is 1. The van der Waals surface area contributed by atoms with E-state index in [-0.39, 0.29) is 11.8 Å². The van der Waals surface area contributed by atoms with Crippen molar-refractivity contribution in [3.8, 4) is 5.75 Å². The Morgan fingerprint density at radius 2 is 2.07 bits per heavy atom. The van der Waals surface area contributed by atoms with Gasteiger partial charge < -0.3 is 10.1 Å². The van der Waals surface area contributed by atoms with E-state index in [9.17, 15) is 4.79 Å². The summed E-state index contributed by atoms with van der Waals surface area (Å²) in [6.07, 6.45) is 2.00. The van der Waals surface area contributed by atoms with E-state index in [2.05, 4.69) is 5.32 Å². The van der Waals surface area contributed by atoms with Gasteiger partial charge in [0.15, 0.2) is 0 Å². The maximum Gasteiger partial charge on any atom is 0.227 e. The monoisotopic (exact) mass is 205 g/mol. The summed E-state index contributed by atoms with van der Waals surface area (Å²) in [5.41, 5.74) is 1.08. The molecule has 0 unspecified atom stereocenters. The third-order valence-electron chi connectivity index (χ3n) is 2.80. The fourth-order valence-electron chi connectivity index (χ4n) is 1.93. The molecule has 3 nitrogen and oxygen atoms in total. The van der Waals surface area contributed by atoms with Crippen molar-refractivity contribution in [3.63, 3.8) is 0 Å². The van der Waals surface area contributed by atoms with Gasteiger partial charge in [0.25, 0.3) is 0 Å². The first kappa shape index (κ1) is 10.0. The molecule has 80 valence electrons. The molecule has 3 heteroatoms. The Bertz CT molecular complexity index is 345. The Balaban J connectivity index is 2.17. The van der Waals surface area contributed by atoms with Gasteiger partial charge in [-0.25, -0.2) is 0 Å². The van der Waals surface area contributed by atoms with Crippen molar-refractivity contribution in [2.45, 2.75) is 18.8 Å². The van der Waals surface area contributed by atoms with Crippen LogP contribution in [0, 0.1) is 0 Å². The third kappa shape index (κ3) is 2.12. The molecule has 0 radical (unpaired) electrons. The summed E-state index contributed by atoms with van der Waals surface area (Å²) in [6, 6.07) is 7.73. The molecule has 1 heterocycles. The van der Waals surface area contributed by atoms with Crippen LogP contribution in [0.5, 0.6) is 5.75 Å². The van der Waals surface area contributed by atoms with Gasteiger partial charge in [-0.2, -0.15) is 0 Å². The summed E-state index contributed by atoms with van der Waals surface area (Å²) in [7, 11) is 1.64. The summed E-state index contributed by atoms with van der Waals surface area (Å²) < 4.78 is 5.08. The van der Waals surface area contributed by atoms with Gasteiger partial charge in [0.05, 0.1) is 13.0 Å². The first-order valence-electron chi connectivity index (χ1n) is 5.23. The van der Waals surface area contributed by atoms with Crippen molar-refractivity contribution in [1.29, 1.82) is 0 Å². The number of rotatable bonds is 2.